The van der Waals surface area contributed by atoms with Crippen LogP contribution in [0, 0.1) is 34.0 Å². The molecule has 1 aromatic heterocycles. The summed E-state index contributed by atoms with van der Waals surface area (Å²) in [6, 6.07) is 17.6. The third-order valence-electron chi connectivity index (χ3n) is 8.83. The third kappa shape index (κ3) is 5.18. The van der Waals surface area contributed by atoms with Crippen molar-refractivity contribution in [3.8, 4) is 6.07 Å². The minimum atomic E-state index is -0.914. The summed E-state index contributed by atoms with van der Waals surface area (Å²) in [5, 5.41) is 33.4. The Hall–Kier alpha value is -3.27. The maximum Gasteiger partial charge on any atom is 0.139 e. The van der Waals surface area contributed by atoms with Crippen LogP contribution in [-0.4, -0.2) is 38.6 Å². The number of nitrogens with zero attached hydrogens (tertiary/aromatic N) is 2. The van der Waals surface area contributed by atoms with E-state index in [0.717, 1.165) is 22.0 Å². The van der Waals surface area contributed by atoms with Crippen molar-refractivity contribution in [3.63, 3.8) is 0 Å². The van der Waals surface area contributed by atoms with E-state index in [0.29, 0.717) is 37.8 Å². The van der Waals surface area contributed by atoms with Crippen LogP contribution in [-0.2, 0) is 16.1 Å². The number of fused-ring (bicyclic) bond motifs is 1. The average molecular weight is 527 g/mol. The van der Waals surface area contributed by atoms with E-state index >= 15 is 0 Å². The molecule has 0 amide bonds. The lowest BCUT2D eigenvalue weighted by Gasteiger charge is -2.46. The fourth-order valence-corrected chi connectivity index (χ4v) is 7.25. The Labute approximate surface area is 230 Å². The predicted octanol–water partition coefficient (Wildman–Crippen LogP) is 5.38. The van der Waals surface area contributed by atoms with E-state index in [2.05, 4.69) is 10.6 Å². The van der Waals surface area contributed by atoms with Gasteiger partial charge in [-0.05, 0) is 46.9 Å². The Kier molecular flexibility index (Phi) is 7.03. The molecule has 6 nitrogen and oxygen atoms in total. The summed E-state index contributed by atoms with van der Waals surface area (Å²) >= 11 is 0. The zero-order valence-electron chi connectivity index (χ0n) is 23.2. The van der Waals surface area contributed by atoms with Crippen molar-refractivity contribution in [2.24, 2.45) is 22.7 Å². The lowest BCUT2D eigenvalue weighted by molar-refractivity contribution is -0.144. The minimum absolute atomic E-state index is 0.0553. The van der Waals surface area contributed by atoms with Crippen LogP contribution >= 0.6 is 0 Å². The first-order valence-electron chi connectivity index (χ1n) is 13.9. The van der Waals surface area contributed by atoms with Gasteiger partial charge in [-0.25, -0.2) is 0 Å². The highest BCUT2D eigenvalue weighted by Gasteiger charge is 2.52. The van der Waals surface area contributed by atoms with Gasteiger partial charge in [0.1, 0.15) is 11.6 Å². The fraction of sp³-hybridized carbons (Fsp3) is 0.485. The first-order chi connectivity index (χ1) is 18.4. The number of hydrogen-bond donors (Lipinski definition) is 2. The highest BCUT2D eigenvalue weighted by molar-refractivity contribution is 5.92. The maximum atomic E-state index is 13.7. The van der Waals surface area contributed by atoms with E-state index in [1.54, 1.807) is 6.07 Å². The zero-order chi connectivity index (χ0) is 28.1. The Morgan fingerprint density at radius 1 is 0.897 bits per heavy atom. The molecule has 204 valence electrons. The van der Waals surface area contributed by atoms with Crippen LogP contribution in [0.25, 0.3) is 10.9 Å². The van der Waals surface area contributed by atoms with Gasteiger partial charge in [0.15, 0.2) is 0 Å². The molecule has 6 heteroatoms. The van der Waals surface area contributed by atoms with E-state index in [4.69, 9.17) is 0 Å². The van der Waals surface area contributed by atoms with Crippen LogP contribution in [0.3, 0.4) is 0 Å². The number of Topliss-reactive ketones (excluding diaryl/α,β-unsaturated/α-hetero) is 2. The summed E-state index contributed by atoms with van der Waals surface area (Å²) in [5.41, 5.74) is 2.52. The molecule has 2 aliphatic rings. The van der Waals surface area contributed by atoms with Crippen molar-refractivity contribution < 1.29 is 19.8 Å². The summed E-state index contributed by atoms with van der Waals surface area (Å²) in [4.78, 5) is 27.5. The van der Waals surface area contributed by atoms with E-state index in [1.807, 2.05) is 76.4 Å². The number of aliphatic hydroxyl groups excluding tert-OH is 2. The third-order valence-corrected chi connectivity index (χ3v) is 8.83. The molecule has 2 aromatic carbocycles. The maximum absolute atomic E-state index is 13.7. The number of carbonyl (C=O) groups is 2. The highest BCUT2D eigenvalue weighted by Crippen LogP contribution is 2.51. The number of ketones is 2. The molecule has 5 atom stereocenters. The van der Waals surface area contributed by atoms with Gasteiger partial charge in [-0.1, -0.05) is 64.1 Å². The second kappa shape index (κ2) is 10.0. The molecule has 2 aliphatic carbocycles. The van der Waals surface area contributed by atoms with Gasteiger partial charge in [0.25, 0.3) is 0 Å². The van der Waals surface area contributed by atoms with Crippen LogP contribution in [0.4, 0.5) is 0 Å². The molecule has 0 radical (unpaired) electrons. The largest absolute Gasteiger partial charge is 0.392 e. The second-order valence-electron chi connectivity index (χ2n) is 13.2. The molecule has 0 bridgehead atoms. The van der Waals surface area contributed by atoms with Gasteiger partial charge < -0.3 is 14.8 Å². The Bertz CT molecular complexity index is 1420. The molecule has 1 unspecified atom stereocenters. The van der Waals surface area contributed by atoms with Gasteiger partial charge in [0.2, 0.25) is 0 Å². The lowest BCUT2D eigenvalue weighted by Crippen LogP contribution is -2.51. The summed E-state index contributed by atoms with van der Waals surface area (Å²) in [6.45, 7) is 8.39. The Morgan fingerprint density at radius 3 is 2.00 bits per heavy atom. The highest BCUT2D eigenvalue weighted by atomic mass is 16.3. The first-order valence-corrected chi connectivity index (χ1v) is 13.9. The molecule has 2 saturated carbocycles. The minimum Gasteiger partial charge on any atom is -0.392 e. The standard InChI is InChI=1S/C33H38N2O4/c1-32(2)13-25(36)30(26(37)14-32)29(31-27(38)15-33(3,4)16-28(31)39)23-19-35(24-12-8-7-11-22(23)24)18-21-10-6-5-9-20(21)17-34/h5-12,19,25,27,29-31,36,38H,13-16,18H2,1-4H3/t25-,27-,29?,30-,31+/m1/s1. The van der Waals surface area contributed by atoms with Crippen LogP contribution in [0.2, 0.25) is 0 Å². The number of carbonyl (C=O) groups excluding carboxylic acids is 2. The molecule has 5 rings (SSSR count). The van der Waals surface area contributed by atoms with Crippen molar-refractivity contribution in [1.82, 2.24) is 4.57 Å². The van der Waals surface area contributed by atoms with Gasteiger partial charge in [-0.2, -0.15) is 5.26 Å². The quantitative estimate of drug-likeness (QED) is 0.465. The molecule has 2 N–H and O–H groups in total. The second-order valence-corrected chi connectivity index (χ2v) is 13.2. The average Bonchev–Trinajstić information content (AvgIpc) is 3.19. The number of rotatable bonds is 5. The first kappa shape index (κ1) is 27.3. The molecule has 1 heterocycles. The fourth-order valence-electron chi connectivity index (χ4n) is 7.25. The summed E-state index contributed by atoms with van der Waals surface area (Å²) in [5.74, 6) is -2.33. The van der Waals surface area contributed by atoms with Crippen LogP contribution < -0.4 is 0 Å². The number of nitriles is 1. The molecule has 0 saturated heterocycles. The van der Waals surface area contributed by atoms with Gasteiger partial charge in [-0.3, -0.25) is 9.59 Å². The summed E-state index contributed by atoms with van der Waals surface area (Å²) in [6.07, 6.45) is 1.70. The molecule has 39 heavy (non-hydrogen) atoms. The molecule has 0 spiro atoms. The Balaban J connectivity index is 1.68. The Morgan fingerprint density at radius 2 is 1.44 bits per heavy atom. The van der Waals surface area contributed by atoms with Crippen molar-refractivity contribution in [2.75, 3.05) is 0 Å². The number of hydrogen-bond acceptors (Lipinski definition) is 5. The molecule has 3 aromatic rings. The van der Waals surface area contributed by atoms with Gasteiger partial charge in [-0.15, -0.1) is 0 Å². The van der Waals surface area contributed by atoms with Gasteiger partial charge >= 0.3 is 0 Å². The number of para-hydroxylation sites is 1. The van der Waals surface area contributed by atoms with E-state index < -0.39 is 30.0 Å². The molecule has 2 fully saturated rings. The SMILES string of the molecule is CC1(C)CC(=O)[C@H](C(c2cn(Cc3ccccc3C#N)c3ccccc23)[C@@H]2C(=O)CC(C)(C)C[C@H]2O)[C@H](O)C1. The number of benzene rings is 2. The predicted molar refractivity (Wildman–Crippen MR) is 150 cm³/mol. The van der Waals surface area contributed by atoms with Gasteiger partial charge in [0, 0.05) is 42.4 Å². The number of aliphatic hydroxyl groups is 2. The van der Waals surface area contributed by atoms with Crippen molar-refractivity contribution in [2.45, 2.75) is 78.0 Å². The van der Waals surface area contributed by atoms with Gasteiger partial charge in [0.05, 0.1) is 35.7 Å². The van der Waals surface area contributed by atoms with Crippen molar-refractivity contribution >= 4 is 22.5 Å². The van der Waals surface area contributed by atoms with Crippen LogP contribution in [0.1, 0.15) is 76.0 Å². The molecular weight excluding hydrogens is 488 g/mol. The normalized spacial score (nSPS) is 27.3. The van der Waals surface area contributed by atoms with Crippen molar-refractivity contribution in [1.29, 1.82) is 5.26 Å². The lowest BCUT2D eigenvalue weighted by atomic mass is 9.58. The van der Waals surface area contributed by atoms with Crippen LogP contribution in [0.15, 0.2) is 54.7 Å². The van der Waals surface area contributed by atoms with E-state index in [-0.39, 0.29) is 22.4 Å². The monoisotopic (exact) mass is 526 g/mol. The number of aromatic nitrogens is 1. The van der Waals surface area contributed by atoms with Crippen LogP contribution in [0.5, 0.6) is 0 Å². The topological polar surface area (TPSA) is 103 Å². The molecule has 0 aliphatic heterocycles. The summed E-state index contributed by atoms with van der Waals surface area (Å²) in [7, 11) is 0. The summed E-state index contributed by atoms with van der Waals surface area (Å²) < 4.78 is 2.06. The van der Waals surface area contributed by atoms with E-state index in [1.165, 1.54) is 0 Å². The van der Waals surface area contributed by atoms with E-state index in [9.17, 15) is 25.1 Å². The van der Waals surface area contributed by atoms with Crippen molar-refractivity contribution in [3.05, 3.63) is 71.4 Å². The zero-order valence-corrected chi connectivity index (χ0v) is 23.2. The smallest absolute Gasteiger partial charge is 0.139 e. The molecular formula is C33H38N2O4.